The number of urea groups is 1. The number of carbonyl (C=O) groups excluding carboxylic acids is 4. The molecular formula is C26H18Br2FN3O6. The van der Waals surface area contributed by atoms with Gasteiger partial charge in [0.1, 0.15) is 11.4 Å². The molecule has 5 amide bonds. The first kappa shape index (κ1) is 27.0. The number of methoxy groups -OCH3 is 1. The number of imide groups is 2. The average Bonchev–Trinajstić information content (AvgIpc) is 2.88. The van der Waals surface area contributed by atoms with Crippen LogP contribution in [0.25, 0.3) is 6.08 Å². The highest BCUT2D eigenvalue weighted by Gasteiger charge is 2.36. The van der Waals surface area contributed by atoms with Crippen molar-refractivity contribution in [3.8, 4) is 11.5 Å². The number of rotatable bonds is 7. The van der Waals surface area contributed by atoms with Gasteiger partial charge in [0.05, 0.1) is 23.0 Å². The van der Waals surface area contributed by atoms with Gasteiger partial charge in [-0.3, -0.25) is 19.7 Å². The molecule has 0 spiro atoms. The Bertz CT molecular complexity index is 1480. The molecule has 0 saturated carbocycles. The highest BCUT2D eigenvalue weighted by atomic mass is 79.9. The fourth-order valence-electron chi connectivity index (χ4n) is 3.50. The molecule has 2 N–H and O–H groups in total. The number of hydrogen-bond donors (Lipinski definition) is 2. The van der Waals surface area contributed by atoms with Gasteiger partial charge in [-0.05, 0) is 76.1 Å². The van der Waals surface area contributed by atoms with Crippen LogP contribution in [0.2, 0.25) is 0 Å². The largest absolute Gasteiger partial charge is 0.493 e. The second-order valence-electron chi connectivity index (χ2n) is 7.79. The summed E-state index contributed by atoms with van der Waals surface area (Å²) in [6, 6.07) is 14.3. The molecule has 1 aliphatic heterocycles. The molecule has 0 radical (unpaired) electrons. The Hall–Kier alpha value is -4.03. The third-order valence-electron chi connectivity index (χ3n) is 5.24. The van der Waals surface area contributed by atoms with Gasteiger partial charge in [-0.1, -0.05) is 28.1 Å². The molecule has 38 heavy (non-hydrogen) atoms. The van der Waals surface area contributed by atoms with Gasteiger partial charge in [0.2, 0.25) is 0 Å². The van der Waals surface area contributed by atoms with Crippen LogP contribution in [0, 0.1) is 5.82 Å². The van der Waals surface area contributed by atoms with Crippen LogP contribution in [0.15, 0.2) is 75.2 Å². The molecule has 4 rings (SSSR count). The molecule has 194 valence electrons. The molecule has 1 heterocycles. The zero-order chi connectivity index (χ0) is 27.4. The first-order valence-corrected chi connectivity index (χ1v) is 12.5. The average molecular weight is 647 g/mol. The first-order valence-electron chi connectivity index (χ1n) is 10.9. The molecule has 0 bridgehead atoms. The van der Waals surface area contributed by atoms with Crippen LogP contribution in [-0.2, 0) is 14.4 Å². The lowest BCUT2D eigenvalue weighted by molar-refractivity contribution is -0.122. The highest BCUT2D eigenvalue weighted by Crippen LogP contribution is 2.37. The quantitative estimate of drug-likeness (QED) is 0.275. The van der Waals surface area contributed by atoms with Crippen LogP contribution < -0.4 is 25.0 Å². The Morgan fingerprint density at radius 3 is 2.47 bits per heavy atom. The molecule has 12 heteroatoms. The van der Waals surface area contributed by atoms with Gasteiger partial charge in [0, 0.05) is 4.47 Å². The van der Waals surface area contributed by atoms with Crippen LogP contribution in [0.3, 0.4) is 0 Å². The third kappa shape index (κ3) is 5.92. The van der Waals surface area contributed by atoms with Gasteiger partial charge < -0.3 is 14.8 Å². The lowest BCUT2D eigenvalue weighted by atomic mass is 10.1. The maximum Gasteiger partial charge on any atom is 0.335 e. The molecule has 9 nitrogen and oxygen atoms in total. The summed E-state index contributed by atoms with van der Waals surface area (Å²) in [6.45, 7) is -0.450. The van der Waals surface area contributed by atoms with Gasteiger partial charge >= 0.3 is 6.03 Å². The van der Waals surface area contributed by atoms with E-state index in [0.29, 0.717) is 10.0 Å². The van der Waals surface area contributed by atoms with E-state index in [2.05, 4.69) is 42.5 Å². The SMILES string of the molecule is COc1cc(/C=C2\C(=O)NC(=O)N(c3ccc(Br)cc3)C2=O)cc(Br)c1OCC(=O)Nc1ccccc1F. The topological polar surface area (TPSA) is 114 Å². The van der Waals surface area contributed by atoms with E-state index in [0.717, 1.165) is 9.37 Å². The van der Waals surface area contributed by atoms with E-state index in [-0.39, 0.29) is 28.4 Å². The van der Waals surface area contributed by atoms with Crippen molar-refractivity contribution in [3.05, 3.63) is 86.6 Å². The molecule has 0 atom stereocenters. The van der Waals surface area contributed by atoms with Crippen LogP contribution in [0.1, 0.15) is 5.56 Å². The van der Waals surface area contributed by atoms with Crippen LogP contribution in [0.5, 0.6) is 11.5 Å². The molecular weight excluding hydrogens is 629 g/mol. The predicted octanol–water partition coefficient (Wildman–Crippen LogP) is 5.04. The summed E-state index contributed by atoms with van der Waals surface area (Å²) in [4.78, 5) is 51.1. The van der Waals surface area contributed by atoms with Crippen molar-refractivity contribution in [1.82, 2.24) is 5.32 Å². The monoisotopic (exact) mass is 645 g/mol. The van der Waals surface area contributed by atoms with Crippen LogP contribution in [-0.4, -0.2) is 37.5 Å². The van der Waals surface area contributed by atoms with Crippen molar-refractivity contribution in [1.29, 1.82) is 0 Å². The number of hydrogen-bond acceptors (Lipinski definition) is 6. The fraction of sp³-hybridized carbons (Fsp3) is 0.0769. The van der Waals surface area contributed by atoms with Gasteiger partial charge in [0.25, 0.3) is 17.7 Å². The number of nitrogens with zero attached hydrogens (tertiary/aromatic N) is 1. The minimum absolute atomic E-state index is 0.0141. The van der Waals surface area contributed by atoms with Gasteiger partial charge in [0.15, 0.2) is 18.1 Å². The van der Waals surface area contributed by atoms with Gasteiger partial charge in [-0.2, -0.15) is 0 Å². The summed E-state index contributed by atoms with van der Waals surface area (Å²) >= 11 is 6.64. The van der Waals surface area contributed by atoms with Gasteiger partial charge in [-0.15, -0.1) is 0 Å². The Kier molecular flexibility index (Phi) is 8.23. The lowest BCUT2D eigenvalue weighted by Crippen LogP contribution is -2.54. The van der Waals surface area contributed by atoms with E-state index in [4.69, 9.17) is 9.47 Å². The number of nitrogens with one attached hydrogen (secondary N) is 2. The Labute approximate surface area is 232 Å². The standard InChI is InChI=1S/C26H18Br2FN3O6/c1-37-21-12-14(11-18(28)23(21)38-13-22(33)30-20-5-3-2-4-19(20)29)10-17-24(34)31-26(36)32(25(17)35)16-8-6-15(27)7-9-16/h2-12H,13H2,1H3,(H,30,33)(H,31,34,36)/b17-10+. The zero-order valence-corrected chi connectivity index (χ0v) is 22.8. The van der Waals surface area contributed by atoms with Crippen molar-refractivity contribution in [2.24, 2.45) is 0 Å². The number of ether oxygens (including phenoxy) is 2. The maximum absolute atomic E-state index is 13.8. The van der Waals surface area contributed by atoms with Crippen LogP contribution in [0.4, 0.5) is 20.6 Å². The Morgan fingerprint density at radius 1 is 1.08 bits per heavy atom. The van der Waals surface area contributed by atoms with E-state index in [1.165, 1.54) is 37.5 Å². The van der Waals surface area contributed by atoms with Gasteiger partial charge in [-0.25, -0.2) is 14.1 Å². The minimum atomic E-state index is -0.865. The van der Waals surface area contributed by atoms with Crippen molar-refractivity contribution >= 4 is 73.1 Å². The summed E-state index contributed by atoms with van der Waals surface area (Å²) in [5.74, 6) is -2.48. The molecule has 1 saturated heterocycles. The molecule has 1 fully saturated rings. The number of para-hydroxylation sites is 1. The summed E-state index contributed by atoms with van der Waals surface area (Å²) in [7, 11) is 1.37. The number of anilines is 2. The first-order chi connectivity index (χ1) is 18.2. The fourth-order valence-corrected chi connectivity index (χ4v) is 4.34. The van der Waals surface area contributed by atoms with Crippen molar-refractivity contribution < 1.29 is 33.0 Å². The van der Waals surface area contributed by atoms with E-state index < -0.39 is 36.2 Å². The van der Waals surface area contributed by atoms with E-state index in [1.54, 1.807) is 36.4 Å². The third-order valence-corrected chi connectivity index (χ3v) is 6.36. The maximum atomic E-state index is 13.8. The number of benzene rings is 3. The summed E-state index contributed by atoms with van der Waals surface area (Å²) in [5, 5.41) is 4.58. The minimum Gasteiger partial charge on any atom is -0.493 e. The summed E-state index contributed by atoms with van der Waals surface area (Å²) in [5.41, 5.74) is 0.394. The van der Waals surface area contributed by atoms with E-state index >= 15 is 0 Å². The molecule has 0 aliphatic carbocycles. The molecule has 1 aliphatic rings. The number of carbonyl (C=O) groups is 4. The second kappa shape index (κ2) is 11.6. The predicted molar refractivity (Wildman–Crippen MR) is 144 cm³/mol. The Balaban J connectivity index is 1.56. The zero-order valence-electron chi connectivity index (χ0n) is 19.6. The smallest absolute Gasteiger partial charge is 0.335 e. The normalized spacial score (nSPS) is 14.4. The van der Waals surface area contributed by atoms with Crippen molar-refractivity contribution in [3.63, 3.8) is 0 Å². The van der Waals surface area contributed by atoms with E-state index in [1.807, 2.05) is 0 Å². The molecule has 0 aromatic heterocycles. The number of barbiturate groups is 1. The Morgan fingerprint density at radius 2 is 1.79 bits per heavy atom. The van der Waals surface area contributed by atoms with Crippen LogP contribution >= 0.6 is 31.9 Å². The summed E-state index contributed by atoms with van der Waals surface area (Å²) in [6.07, 6.45) is 1.30. The number of halogens is 3. The molecule has 0 unspecified atom stereocenters. The van der Waals surface area contributed by atoms with E-state index in [9.17, 15) is 23.6 Å². The highest BCUT2D eigenvalue weighted by molar-refractivity contribution is 9.10. The molecule has 3 aromatic rings. The summed E-state index contributed by atoms with van der Waals surface area (Å²) < 4.78 is 25.8. The number of amides is 5. The van der Waals surface area contributed by atoms with Crippen molar-refractivity contribution in [2.45, 2.75) is 0 Å². The molecule has 3 aromatic carbocycles. The van der Waals surface area contributed by atoms with Crippen molar-refractivity contribution in [2.75, 3.05) is 23.9 Å². The lowest BCUT2D eigenvalue weighted by Gasteiger charge is -2.26. The second-order valence-corrected chi connectivity index (χ2v) is 9.56.